The zero-order valence-corrected chi connectivity index (χ0v) is 11.6. The number of hydrogen-bond donors (Lipinski definition) is 1. The Labute approximate surface area is 108 Å². The van der Waals surface area contributed by atoms with Gasteiger partial charge in [0.05, 0.1) is 6.54 Å². The van der Waals surface area contributed by atoms with Crippen LogP contribution in [-0.4, -0.2) is 35.7 Å². The fraction of sp³-hybridized carbons (Fsp3) is 0.692. The minimum Gasteiger partial charge on any atom is -0.364 e. The standard InChI is InChI=1S/C13H22N4O/c1-5-14-12(15-11-8-13(11,2)3)17(4)9-10-6-7-18-16-10/h6-7,11H,5,8-9H2,1-4H3,(H,14,15). The van der Waals surface area contributed by atoms with Gasteiger partial charge in [-0.1, -0.05) is 19.0 Å². The molecule has 0 amide bonds. The maximum atomic E-state index is 4.84. The van der Waals surface area contributed by atoms with Crippen LogP contribution in [0, 0.1) is 5.41 Å². The van der Waals surface area contributed by atoms with E-state index in [1.807, 2.05) is 20.0 Å². The zero-order chi connectivity index (χ0) is 13.2. The predicted octanol–water partition coefficient (Wildman–Crippen LogP) is 1.87. The number of hydrogen-bond acceptors (Lipinski definition) is 3. The van der Waals surface area contributed by atoms with Gasteiger partial charge in [0.2, 0.25) is 0 Å². The first-order chi connectivity index (χ1) is 8.53. The third kappa shape index (κ3) is 3.03. The van der Waals surface area contributed by atoms with Crippen LogP contribution in [0.3, 0.4) is 0 Å². The molecule has 1 atom stereocenters. The van der Waals surface area contributed by atoms with Crippen LogP contribution in [0.25, 0.3) is 0 Å². The summed E-state index contributed by atoms with van der Waals surface area (Å²) in [5, 5.41) is 7.43. The van der Waals surface area contributed by atoms with Crippen LogP contribution in [0.15, 0.2) is 21.8 Å². The number of guanidine groups is 1. The molecule has 0 aliphatic heterocycles. The first kappa shape index (κ1) is 12.9. The fourth-order valence-corrected chi connectivity index (χ4v) is 1.93. The Bertz CT molecular complexity index is 411. The molecule has 1 aromatic heterocycles. The van der Waals surface area contributed by atoms with E-state index in [-0.39, 0.29) is 0 Å². The number of nitrogens with one attached hydrogen (secondary N) is 1. The summed E-state index contributed by atoms with van der Waals surface area (Å²) in [6.45, 7) is 8.06. The summed E-state index contributed by atoms with van der Waals surface area (Å²) in [6, 6.07) is 2.41. The van der Waals surface area contributed by atoms with Crippen LogP contribution >= 0.6 is 0 Å². The van der Waals surface area contributed by atoms with Gasteiger partial charge in [-0.05, 0) is 18.8 Å². The Hall–Kier alpha value is -1.52. The summed E-state index contributed by atoms with van der Waals surface area (Å²) in [5.74, 6) is 0.941. The molecule has 1 N–H and O–H groups in total. The van der Waals surface area contributed by atoms with E-state index in [0.29, 0.717) is 18.0 Å². The minimum absolute atomic E-state index is 0.392. The van der Waals surface area contributed by atoms with E-state index in [1.165, 1.54) is 6.42 Å². The predicted molar refractivity (Wildman–Crippen MR) is 71.3 cm³/mol. The fourth-order valence-electron chi connectivity index (χ4n) is 1.93. The summed E-state index contributed by atoms with van der Waals surface area (Å²) in [6.07, 6.45) is 2.80. The molecule has 0 radical (unpaired) electrons. The largest absolute Gasteiger partial charge is 0.364 e. The van der Waals surface area contributed by atoms with Gasteiger partial charge >= 0.3 is 0 Å². The molecule has 0 spiro atoms. The van der Waals surface area contributed by atoms with Crippen molar-refractivity contribution in [3.63, 3.8) is 0 Å². The molecule has 0 saturated heterocycles. The number of rotatable bonds is 4. The summed E-state index contributed by atoms with van der Waals surface area (Å²) < 4.78 is 4.84. The van der Waals surface area contributed by atoms with Crippen molar-refractivity contribution >= 4 is 5.96 Å². The summed E-state index contributed by atoms with van der Waals surface area (Å²) in [7, 11) is 2.02. The molecule has 1 saturated carbocycles. The smallest absolute Gasteiger partial charge is 0.194 e. The Morgan fingerprint density at radius 2 is 2.39 bits per heavy atom. The zero-order valence-electron chi connectivity index (χ0n) is 11.6. The van der Waals surface area contributed by atoms with Gasteiger partial charge in [-0.2, -0.15) is 0 Å². The van der Waals surface area contributed by atoms with Gasteiger partial charge in [0, 0.05) is 25.7 Å². The maximum absolute atomic E-state index is 4.84. The van der Waals surface area contributed by atoms with Gasteiger partial charge < -0.3 is 14.7 Å². The van der Waals surface area contributed by atoms with E-state index < -0.39 is 0 Å². The first-order valence-corrected chi connectivity index (χ1v) is 6.44. The molecule has 2 rings (SSSR count). The van der Waals surface area contributed by atoms with E-state index >= 15 is 0 Å². The van der Waals surface area contributed by atoms with Crippen molar-refractivity contribution in [1.82, 2.24) is 15.4 Å². The quantitative estimate of drug-likeness (QED) is 0.654. The highest BCUT2D eigenvalue weighted by Crippen LogP contribution is 2.44. The van der Waals surface area contributed by atoms with Crippen molar-refractivity contribution in [2.45, 2.75) is 39.8 Å². The lowest BCUT2D eigenvalue weighted by molar-refractivity contribution is 0.390. The Balaban J connectivity index is 1.95. The summed E-state index contributed by atoms with van der Waals surface area (Å²) >= 11 is 0. The topological polar surface area (TPSA) is 53.7 Å². The number of nitrogens with zero attached hydrogens (tertiary/aromatic N) is 3. The molecule has 1 aliphatic carbocycles. The molecule has 5 heteroatoms. The summed E-state index contributed by atoms with van der Waals surface area (Å²) in [4.78, 5) is 6.60. The van der Waals surface area contributed by atoms with Gasteiger partial charge in [0.25, 0.3) is 0 Å². The van der Waals surface area contributed by atoms with E-state index in [9.17, 15) is 0 Å². The highest BCUT2D eigenvalue weighted by molar-refractivity contribution is 5.80. The molecule has 0 bridgehead atoms. The van der Waals surface area contributed by atoms with Crippen LogP contribution in [0.4, 0.5) is 0 Å². The van der Waals surface area contributed by atoms with Crippen molar-refractivity contribution < 1.29 is 4.52 Å². The molecular weight excluding hydrogens is 228 g/mol. The van der Waals surface area contributed by atoms with Gasteiger partial charge in [0.15, 0.2) is 5.96 Å². The SMILES string of the molecule is CCN=C(NC1CC1(C)C)N(C)Cc1ccon1. The van der Waals surface area contributed by atoms with Gasteiger partial charge in [-0.3, -0.25) is 4.99 Å². The van der Waals surface area contributed by atoms with Crippen molar-refractivity contribution in [3.05, 3.63) is 18.0 Å². The second kappa shape index (κ2) is 5.00. The van der Waals surface area contributed by atoms with E-state index in [4.69, 9.17) is 4.52 Å². The molecule has 100 valence electrons. The molecular formula is C13H22N4O. The average Bonchev–Trinajstić information content (AvgIpc) is 2.73. The minimum atomic E-state index is 0.392. The second-order valence-electron chi connectivity index (χ2n) is 5.53. The van der Waals surface area contributed by atoms with Crippen LogP contribution in [0.1, 0.15) is 32.9 Å². The van der Waals surface area contributed by atoms with E-state index in [1.54, 1.807) is 6.26 Å². The van der Waals surface area contributed by atoms with Crippen molar-refractivity contribution in [1.29, 1.82) is 0 Å². The third-order valence-electron chi connectivity index (χ3n) is 3.38. The molecule has 1 aromatic rings. The van der Waals surface area contributed by atoms with Gasteiger partial charge in [-0.15, -0.1) is 0 Å². The van der Waals surface area contributed by atoms with Crippen LogP contribution in [0.2, 0.25) is 0 Å². The van der Waals surface area contributed by atoms with Crippen LogP contribution in [0.5, 0.6) is 0 Å². The van der Waals surface area contributed by atoms with Gasteiger partial charge in [-0.25, -0.2) is 0 Å². The third-order valence-corrected chi connectivity index (χ3v) is 3.38. The molecule has 5 nitrogen and oxygen atoms in total. The van der Waals surface area contributed by atoms with Crippen molar-refractivity contribution in [3.8, 4) is 0 Å². The molecule has 1 fully saturated rings. The van der Waals surface area contributed by atoms with Crippen LogP contribution < -0.4 is 5.32 Å². The average molecular weight is 250 g/mol. The molecule has 1 unspecified atom stereocenters. The second-order valence-corrected chi connectivity index (χ2v) is 5.53. The lowest BCUT2D eigenvalue weighted by atomic mass is 10.2. The Kier molecular flexibility index (Phi) is 3.59. The first-order valence-electron chi connectivity index (χ1n) is 6.44. The van der Waals surface area contributed by atoms with Crippen LogP contribution in [-0.2, 0) is 6.54 Å². The summed E-state index contributed by atoms with van der Waals surface area (Å²) in [5.41, 5.74) is 1.31. The van der Waals surface area contributed by atoms with E-state index in [0.717, 1.165) is 18.2 Å². The van der Waals surface area contributed by atoms with E-state index in [2.05, 4.69) is 34.2 Å². The monoisotopic (exact) mass is 250 g/mol. The van der Waals surface area contributed by atoms with Crippen molar-refractivity contribution in [2.24, 2.45) is 10.4 Å². The number of aromatic nitrogens is 1. The highest BCUT2D eigenvalue weighted by atomic mass is 16.5. The molecule has 0 aromatic carbocycles. The Morgan fingerprint density at radius 1 is 1.67 bits per heavy atom. The lowest BCUT2D eigenvalue weighted by Gasteiger charge is -2.22. The molecule has 1 heterocycles. The molecule has 1 aliphatic rings. The normalized spacial score (nSPS) is 21.8. The maximum Gasteiger partial charge on any atom is 0.194 e. The van der Waals surface area contributed by atoms with Crippen molar-refractivity contribution in [2.75, 3.05) is 13.6 Å². The highest BCUT2D eigenvalue weighted by Gasteiger charge is 2.46. The lowest BCUT2D eigenvalue weighted by Crippen LogP contribution is -2.41. The Morgan fingerprint density at radius 3 is 2.89 bits per heavy atom. The van der Waals surface area contributed by atoms with Gasteiger partial charge in [0.1, 0.15) is 12.0 Å². The molecule has 18 heavy (non-hydrogen) atoms. The number of aliphatic imine (C=N–C) groups is 1.